The SMILES string of the molecule is O=C(CCC1NNC(=O)NC1=O)N/N=C/C1CC=CCC1. The highest BCUT2D eigenvalue weighted by atomic mass is 16.2. The first kappa shape index (κ1) is 15.2. The van der Waals surface area contributed by atoms with Gasteiger partial charge in [-0.3, -0.25) is 20.3 Å². The zero-order chi connectivity index (χ0) is 15.1. The number of amides is 4. The van der Waals surface area contributed by atoms with E-state index in [0.29, 0.717) is 5.92 Å². The summed E-state index contributed by atoms with van der Waals surface area (Å²) < 4.78 is 0. The van der Waals surface area contributed by atoms with E-state index in [1.54, 1.807) is 6.21 Å². The molecule has 21 heavy (non-hydrogen) atoms. The minimum atomic E-state index is -0.610. The van der Waals surface area contributed by atoms with Crippen LogP contribution in [-0.4, -0.2) is 30.1 Å². The third-order valence-electron chi connectivity index (χ3n) is 3.36. The predicted molar refractivity (Wildman–Crippen MR) is 75.9 cm³/mol. The van der Waals surface area contributed by atoms with E-state index in [1.165, 1.54) is 0 Å². The van der Waals surface area contributed by atoms with Crippen LogP contribution >= 0.6 is 0 Å². The number of imide groups is 1. The zero-order valence-electron chi connectivity index (χ0n) is 11.6. The molecule has 114 valence electrons. The summed E-state index contributed by atoms with van der Waals surface area (Å²) in [6.45, 7) is 0. The number of carbonyl (C=O) groups is 3. The van der Waals surface area contributed by atoms with Crippen molar-refractivity contribution in [3.8, 4) is 0 Å². The molecule has 2 unspecified atom stereocenters. The van der Waals surface area contributed by atoms with Gasteiger partial charge >= 0.3 is 6.03 Å². The number of hydrazone groups is 1. The van der Waals surface area contributed by atoms with Crippen LogP contribution in [-0.2, 0) is 9.59 Å². The molecule has 0 spiro atoms. The number of nitrogens with zero attached hydrogens (tertiary/aromatic N) is 1. The van der Waals surface area contributed by atoms with E-state index in [0.717, 1.165) is 19.3 Å². The summed E-state index contributed by atoms with van der Waals surface area (Å²) in [5.41, 5.74) is 7.28. The van der Waals surface area contributed by atoms with Gasteiger partial charge in [-0.15, -0.1) is 0 Å². The van der Waals surface area contributed by atoms with E-state index in [-0.39, 0.29) is 18.7 Å². The van der Waals surface area contributed by atoms with Gasteiger partial charge in [0.1, 0.15) is 6.04 Å². The van der Waals surface area contributed by atoms with Crippen LogP contribution in [0, 0.1) is 5.92 Å². The number of hydrazine groups is 1. The quantitative estimate of drug-likeness (QED) is 0.323. The average molecular weight is 293 g/mol. The molecule has 2 atom stereocenters. The molecule has 0 radical (unpaired) electrons. The van der Waals surface area contributed by atoms with Gasteiger partial charge in [0.25, 0.3) is 0 Å². The maximum Gasteiger partial charge on any atom is 0.335 e. The number of urea groups is 1. The lowest BCUT2D eigenvalue weighted by atomic mass is 9.96. The summed E-state index contributed by atoms with van der Waals surface area (Å²) in [5.74, 6) is -0.329. The maximum absolute atomic E-state index is 11.6. The molecule has 4 amide bonds. The zero-order valence-corrected chi connectivity index (χ0v) is 11.6. The highest BCUT2D eigenvalue weighted by Crippen LogP contribution is 2.15. The summed E-state index contributed by atoms with van der Waals surface area (Å²) in [5, 5.41) is 6.06. The summed E-state index contributed by atoms with van der Waals surface area (Å²) >= 11 is 0. The molecule has 0 aromatic heterocycles. The van der Waals surface area contributed by atoms with E-state index in [1.807, 2.05) is 0 Å². The van der Waals surface area contributed by atoms with Gasteiger partial charge < -0.3 is 0 Å². The van der Waals surface area contributed by atoms with E-state index >= 15 is 0 Å². The fourth-order valence-electron chi connectivity index (χ4n) is 2.15. The largest absolute Gasteiger partial charge is 0.335 e. The molecular formula is C13H19N5O3. The first-order valence-corrected chi connectivity index (χ1v) is 6.98. The smallest absolute Gasteiger partial charge is 0.276 e. The molecule has 1 heterocycles. The Morgan fingerprint density at radius 3 is 3.00 bits per heavy atom. The molecule has 4 N–H and O–H groups in total. The second-order valence-corrected chi connectivity index (χ2v) is 5.04. The molecule has 1 saturated heterocycles. The van der Waals surface area contributed by atoms with Gasteiger partial charge in [0, 0.05) is 12.6 Å². The summed E-state index contributed by atoms with van der Waals surface area (Å²) in [6, 6.07) is -1.20. The van der Waals surface area contributed by atoms with Crippen molar-refractivity contribution in [2.75, 3.05) is 0 Å². The fourth-order valence-corrected chi connectivity index (χ4v) is 2.15. The number of hydrogen-bond donors (Lipinski definition) is 4. The molecule has 0 aromatic carbocycles. The maximum atomic E-state index is 11.6. The second kappa shape index (κ2) is 7.53. The molecular weight excluding hydrogens is 274 g/mol. The molecule has 8 nitrogen and oxygen atoms in total. The van der Waals surface area contributed by atoms with Gasteiger partial charge in [0.2, 0.25) is 11.8 Å². The summed E-state index contributed by atoms with van der Waals surface area (Å²) in [6.07, 6.45) is 9.47. The lowest BCUT2D eigenvalue weighted by Crippen LogP contribution is -2.62. The monoisotopic (exact) mass is 293 g/mol. The van der Waals surface area contributed by atoms with E-state index in [4.69, 9.17) is 0 Å². The van der Waals surface area contributed by atoms with Gasteiger partial charge in [-0.1, -0.05) is 12.2 Å². The number of carbonyl (C=O) groups excluding carboxylic acids is 3. The Balaban J connectivity index is 1.65. The van der Waals surface area contributed by atoms with Crippen molar-refractivity contribution in [2.45, 2.75) is 38.1 Å². The Kier molecular flexibility index (Phi) is 5.44. The molecule has 1 fully saturated rings. The Morgan fingerprint density at radius 2 is 2.29 bits per heavy atom. The van der Waals surface area contributed by atoms with Gasteiger partial charge in [0.15, 0.2) is 0 Å². The third kappa shape index (κ3) is 4.99. The Morgan fingerprint density at radius 1 is 1.43 bits per heavy atom. The van der Waals surface area contributed by atoms with Gasteiger partial charge in [-0.05, 0) is 31.6 Å². The highest BCUT2D eigenvalue weighted by Gasteiger charge is 2.25. The number of allylic oxidation sites excluding steroid dienone is 2. The van der Waals surface area contributed by atoms with Crippen LogP contribution in [0.5, 0.6) is 0 Å². The molecule has 0 bridgehead atoms. The lowest BCUT2D eigenvalue weighted by Gasteiger charge is -2.22. The molecule has 1 aliphatic carbocycles. The highest BCUT2D eigenvalue weighted by molar-refractivity contribution is 5.99. The fraction of sp³-hybridized carbons (Fsp3) is 0.538. The van der Waals surface area contributed by atoms with Crippen molar-refractivity contribution in [2.24, 2.45) is 11.0 Å². The van der Waals surface area contributed by atoms with Gasteiger partial charge in [-0.25, -0.2) is 15.6 Å². The Bertz CT molecular complexity index is 474. The van der Waals surface area contributed by atoms with Gasteiger partial charge in [0.05, 0.1) is 0 Å². The van der Waals surface area contributed by atoms with Crippen molar-refractivity contribution in [1.29, 1.82) is 0 Å². The van der Waals surface area contributed by atoms with Crippen LogP contribution in [0.15, 0.2) is 17.3 Å². The first-order valence-electron chi connectivity index (χ1n) is 6.98. The van der Waals surface area contributed by atoms with Crippen molar-refractivity contribution < 1.29 is 14.4 Å². The minimum absolute atomic E-state index is 0.142. The summed E-state index contributed by atoms with van der Waals surface area (Å²) in [7, 11) is 0. The third-order valence-corrected chi connectivity index (χ3v) is 3.36. The molecule has 2 rings (SSSR count). The van der Waals surface area contributed by atoms with Gasteiger partial charge in [-0.2, -0.15) is 5.10 Å². The number of nitrogens with one attached hydrogen (secondary N) is 4. The minimum Gasteiger partial charge on any atom is -0.276 e. The molecule has 0 saturated carbocycles. The van der Waals surface area contributed by atoms with Crippen molar-refractivity contribution in [3.63, 3.8) is 0 Å². The molecule has 1 aliphatic heterocycles. The van der Waals surface area contributed by atoms with E-state index < -0.39 is 18.0 Å². The average Bonchev–Trinajstić information content (AvgIpc) is 2.47. The van der Waals surface area contributed by atoms with Crippen molar-refractivity contribution >= 4 is 24.1 Å². The first-order chi connectivity index (χ1) is 10.1. The van der Waals surface area contributed by atoms with E-state index in [2.05, 4.69) is 38.8 Å². The second-order valence-electron chi connectivity index (χ2n) is 5.04. The van der Waals surface area contributed by atoms with Crippen LogP contribution in [0.25, 0.3) is 0 Å². The Hall–Kier alpha value is -2.22. The topological polar surface area (TPSA) is 112 Å². The lowest BCUT2D eigenvalue weighted by molar-refractivity contribution is -0.124. The molecule has 2 aliphatic rings. The number of rotatable bonds is 5. The van der Waals surface area contributed by atoms with Crippen LogP contribution in [0.4, 0.5) is 4.79 Å². The molecule has 0 aromatic rings. The standard InChI is InChI=1S/C13H19N5O3/c19-11(17-14-8-9-4-2-1-3-5-9)7-6-10-12(20)15-13(21)18-16-10/h1-2,8-10,16H,3-7H2,(H,17,19)(H2,15,18,20,21)/b14-8+. The summed E-state index contributed by atoms with van der Waals surface area (Å²) in [4.78, 5) is 33.9. The molecule has 8 heteroatoms. The number of hydrogen-bond acceptors (Lipinski definition) is 5. The van der Waals surface area contributed by atoms with Crippen molar-refractivity contribution in [3.05, 3.63) is 12.2 Å². The Labute approximate surface area is 122 Å². The predicted octanol–water partition coefficient (Wildman–Crippen LogP) is -0.0625. The van der Waals surface area contributed by atoms with Crippen molar-refractivity contribution in [1.82, 2.24) is 21.6 Å². The van der Waals surface area contributed by atoms with Crippen LogP contribution in [0.1, 0.15) is 32.1 Å². The van der Waals surface area contributed by atoms with Crippen LogP contribution in [0.2, 0.25) is 0 Å². The normalized spacial score (nSPS) is 25.5. The van der Waals surface area contributed by atoms with Crippen LogP contribution < -0.4 is 21.6 Å². The van der Waals surface area contributed by atoms with E-state index in [9.17, 15) is 14.4 Å². The van der Waals surface area contributed by atoms with Crippen LogP contribution in [0.3, 0.4) is 0 Å².